The van der Waals surface area contributed by atoms with Crippen LogP contribution >= 0.6 is 15.9 Å². The molecular formula is C11H16BrNO2. The van der Waals surface area contributed by atoms with Crippen LogP contribution in [0.2, 0.25) is 0 Å². The molecule has 1 aromatic rings. The van der Waals surface area contributed by atoms with Crippen LogP contribution in [0.1, 0.15) is 30.2 Å². The van der Waals surface area contributed by atoms with Gasteiger partial charge in [-0.1, -0.05) is 29.8 Å². The minimum atomic E-state index is -0.0685. The highest BCUT2D eigenvalue weighted by Gasteiger charge is 2.16. The number of alkyl halides is 1. The summed E-state index contributed by atoms with van der Waals surface area (Å²) < 4.78 is 5.39. The number of rotatable bonds is 4. The molecule has 0 aliphatic carbocycles. The summed E-state index contributed by atoms with van der Waals surface area (Å²) >= 11 is 3.41. The molecule has 84 valence electrons. The fraction of sp³-hybridized carbons (Fsp3) is 0.545. The van der Waals surface area contributed by atoms with Gasteiger partial charge in [-0.25, -0.2) is 0 Å². The van der Waals surface area contributed by atoms with Gasteiger partial charge in [-0.15, -0.1) is 0 Å². The quantitative estimate of drug-likeness (QED) is 0.791. The van der Waals surface area contributed by atoms with Gasteiger partial charge in [-0.05, 0) is 12.1 Å². The SMILES string of the molecule is CCc1ccc(C(=O)N(C)CC(C)Br)o1. The molecule has 1 atom stereocenters. The summed E-state index contributed by atoms with van der Waals surface area (Å²) in [7, 11) is 1.77. The van der Waals surface area contributed by atoms with Crippen LogP contribution in [0.15, 0.2) is 16.5 Å². The van der Waals surface area contributed by atoms with Crippen molar-refractivity contribution in [3.8, 4) is 0 Å². The molecule has 3 nitrogen and oxygen atoms in total. The summed E-state index contributed by atoms with van der Waals surface area (Å²) in [5, 5.41) is 0. The van der Waals surface area contributed by atoms with Gasteiger partial charge in [0.2, 0.25) is 0 Å². The van der Waals surface area contributed by atoms with Crippen molar-refractivity contribution >= 4 is 21.8 Å². The molecule has 0 saturated carbocycles. The van der Waals surface area contributed by atoms with E-state index in [-0.39, 0.29) is 10.7 Å². The Morgan fingerprint density at radius 1 is 1.60 bits per heavy atom. The van der Waals surface area contributed by atoms with Gasteiger partial charge in [0.25, 0.3) is 5.91 Å². The summed E-state index contributed by atoms with van der Waals surface area (Å²) in [4.78, 5) is 13.8. The highest BCUT2D eigenvalue weighted by atomic mass is 79.9. The Kier molecular flexibility index (Phi) is 4.39. The van der Waals surface area contributed by atoms with Crippen LogP contribution < -0.4 is 0 Å². The molecule has 0 aliphatic rings. The van der Waals surface area contributed by atoms with E-state index in [0.29, 0.717) is 12.3 Å². The zero-order valence-electron chi connectivity index (χ0n) is 9.29. The van der Waals surface area contributed by atoms with E-state index in [4.69, 9.17) is 4.42 Å². The maximum Gasteiger partial charge on any atom is 0.289 e. The lowest BCUT2D eigenvalue weighted by molar-refractivity contribution is 0.0764. The number of amides is 1. The second kappa shape index (κ2) is 5.35. The Balaban J connectivity index is 2.67. The highest BCUT2D eigenvalue weighted by molar-refractivity contribution is 9.09. The van der Waals surface area contributed by atoms with Gasteiger partial charge in [-0.2, -0.15) is 0 Å². The van der Waals surface area contributed by atoms with E-state index in [2.05, 4.69) is 15.9 Å². The van der Waals surface area contributed by atoms with Crippen molar-refractivity contribution in [2.24, 2.45) is 0 Å². The Morgan fingerprint density at radius 3 is 2.73 bits per heavy atom. The molecule has 0 aromatic carbocycles. The van der Waals surface area contributed by atoms with Gasteiger partial charge >= 0.3 is 0 Å². The number of hydrogen-bond donors (Lipinski definition) is 0. The molecule has 0 fully saturated rings. The van der Waals surface area contributed by atoms with Crippen LogP contribution in [0.4, 0.5) is 0 Å². The summed E-state index contributed by atoms with van der Waals surface area (Å²) in [5.41, 5.74) is 0. The molecule has 0 radical (unpaired) electrons. The first-order valence-electron chi connectivity index (χ1n) is 5.02. The summed E-state index contributed by atoms with van der Waals surface area (Å²) in [5.74, 6) is 1.20. The monoisotopic (exact) mass is 273 g/mol. The molecule has 0 N–H and O–H groups in total. The second-order valence-electron chi connectivity index (χ2n) is 3.59. The Bertz CT molecular complexity index is 333. The highest BCUT2D eigenvalue weighted by Crippen LogP contribution is 2.11. The first-order valence-corrected chi connectivity index (χ1v) is 5.94. The average Bonchev–Trinajstić information content (AvgIpc) is 2.63. The molecule has 0 aliphatic heterocycles. The summed E-state index contributed by atoms with van der Waals surface area (Å²) in [6, 6.07) is 3.58. The smallest absolute Gasteiger partial charge is 0.289 e. The molecule has 4 heteroatoms. The predicted octanol–water partition coefficient (Wildman–Crippen LogP) is 2.70. The minimum absolute atomic E-state index is 0.0685. The maximum atomic E-state index is 11.8. The number of halogens is 1. The van der Waals surface area contributed by atoms with E-state index in [1.165, 1.54) is 0 Å². The predicted molar refractivity (Wildman–Crippen MR) is 63.4 cm³/mol. The first kappa shape index (κ1) is 12.3. The van der Waals surface area contributed by atoms with Crippen molar-refractivity contribution in [1.82, 2.24) is 4.90 Å². The van der Waals surface area contributed by atoms with E-state index in [1.807, 2.05) is 19.9 Å². The van der Waals surface area contributed by atoms with Gasteiger partial charge in [-0.3, -0.25) is 4.79 Å². The van der Waals surface area contributed by atoms with Crippen molar-refractivity contribution < 1.29 is 9.21 Å². The largest absolute Gasteiger partial charge is 0.456 e. The van der Waals surface area contributed by atoms with Crippen molar-refractivity contribution in [1.29, 1.82) is 0 Å². The van der Waals surface area contributed by atoms with Crippen LogP contribution in [-0.2, 0) is 6.42 Å². The van der Waals surface area contributed by atoms with Crippen LogP contribution in [0.25, 0.3) is 0 Å². The van der Waals surface area contributed by atoms with Crippen LogP contribution in [0.3, 0.4) is 0 Å². The van der Waals surface area contributed by atoms with Crippen molar-refractivity contribution in [2.75, 3.05) is 13.6 Å². The van der Waals surface area contributed by atoms with E-state index < -0.39 is 0 Å². The van der Waals surface area contributed by atoms with Gasteiger partial charge < -0.3 is 9.32 Å². The number of carbonyl (C=O) groups excluding carboxylic acids is 1. The zero-order chi connectivity index (χ0) is 11.4. The zero-order valence-corrected chi connectivity index (χ0v) is 10.9. The molecule has 15 heavy (non-hydrogen) atoms. The Labute approximate surface area is 98.6 Å². The summed E-state index contributed by atoms with van der Waals surface area (Å²) in [6.07, 6.45) is 0.811. The van der Waals surface area contributed by atoms with E-state index in [9.17, 15) is 4.79 Å². The summed E-state index contributed by atoms with van der Waals surface area (Å²) in [6.45, 7) is 4.67. The lowest BCUT2D eigenvalue weighted by Crippen LogP contribution is -2.30. The topological polar surface area (TPSA) is 33.5 Å². The number of nitrogens with zero attached hydrogens (tertiary/aromatic N) is 1. The van der Waals surface area contributed by atoms with Crippen molar-refractivity contribution in [3.63, 3.8) is 0 Å². The fourth-order valence-corrected chi connectivity index (χ4v) is 1.77. The third-order valence-corrected chi connectivity index (χ3v) is 2.38. The Morgan fingerprint density at radius 2 is 2.27 bits per heavy atom. The Hall–Kier alpha value is -0.770. The molecule has 0 saturated heterocycles. The fourth-order valence-electron chi connectivity index (χ4n) is 1.33. The molecule has 1 amide bonds. The molecule has 1 aromatic heterocycles. The second-order valence-corrected chi connectivity index (χ2v) is 5.15. The lowest BCUT2D eigenvalue weighted by atomic mass is 10.3. The van der Waals surface area contributed by atoms with Gasteiger partial charge in [0.05, 0.1) is 0 Å². The van der Waals surface area contributed by atoms with Crippen LogP contribution in [0.5, 0.6) is 0 Å². The number of carbonyl (C=O) groups is 1. The van der Waals surface area contributed by atoms with Crippen molar-refractivity contribution in [2.45, 2.75) is 25.1 Å². The molecule has 1 heterocycles. The average molecular weight is 274 g/mol. The van der Waals surface area contributed by atoms with E-state index in [0.717, 1.165) is 12.2 Å². The van der Waals surface area contributed by atoms with E-state index in [1.54, 1.807) is 18.0 Å². The van der Waals surface area contributed by atoms with Crippen LogP contribution in [0, 0.1) is 0 Å². The number of furan rings is 1. The molecule has 1 rings (SSSR count). The van der Waals surface area contributed by atoms with Crippen LogP contribution in [-0.4, -0.2) is 29.2 Å². The van der Waals surface area contributed by atoms with E-state index >= 15 is 0 Å². The molecule has 0 bridgehead atoms. The molecule has 0 spiro atoms. The first-order chi connectivity index (χ1) is 7.04. The molecular weight excluding hydrogens is 258 g/mol. The standard InChI is InChI=1S/C11H16BrNO2/c1-4-9-5-6-10(15-9)11(14)13(3)7-8(2)12/h5-6,8H,4,7H2,1-3H3. The number of aryl methyl sites for hydroxylation is 1. The minimum Gasteiger partial charge on any atom is -0.456 e. The molecule has 1 unspecified atom stereocenters. The lowest BCUT2D eigenvalue weighted by Gasteiger charge is -2.16. The third-order valence-electron chi connectivity index (χ3n) is 2.09. The number of hydrogen-bond acceptors (Lipinski definition) is 2. The van der Waals surface area contributed by atoms with Gasteiger partial charge in [0, 0.05) is 24.8 Å². The van der Waals surface area contributed by atoms with Crippen molar-refractivity contribution in [3.05, 3.63) is 23.7 Å². The van der Waals surface area contributed by atoms with Gasteiger partial charge in [0.1, 0.15) is 5.76 Å². The maximum absolute atomic E-state index is 11.8. The third kappa shape index (κ3) is 3.38. The van der Waals surface area contributed by atoms with Gasteiger partial charge in [0.15, 0.2) is 5.76 Å². The normalized spacial score (nSPS) is 12.5.